The summed E-state index contributed by atoms with van der Waals surface area (Å²) < 4.78 is 5.29. The predicted octanol–water partition coefficient (Wildman–Crippen LogP) is 2.47. The molecule has 2 unspecified atom stereocenters. The van der Waals surface area contributed by atoms with Crippen molar-refractivity contribution in [2.24, 2.45) is 5.92 Å². The molecule has 0 bridgehead atoms. The van der Waals surface area contributed by atoms with Crippen LogP contribution in [0.5, 0.6) is 0 Å². The monoisotopic (exact) mass is 223 g/mol. The van der Waals surface area contributed by atoms with Gasteiger partial charge in [0.2, 0.25) is 5.89 Å². The molecule has 0 aromatic carbocycles. The first-order valence-corrected chi connectivity index (χ1v) is 6.35. The van der Waals surface area contributed by atoms with Crippen molar-refractivity contribution in [2.75, 3.05) is 6.54 Å². The van der Waals surface area contributed by atoms with Crippen LogP contribution in [0.2, 0.25) is 0 Å². The average molecular weight is 223 g/mol. The molecule has 1 aliphatic heterocycles. The highest BCUT2D eigenvalue weighted by atomic mass is 16.5. The molecule has 1 aliphatic rings. The van der Waals surface area contributed by atoms with Gasteiger partial charge in [-0.3, -0.25) is 0 Å². The zero-order chi connectivity index (χ0) is 11.4. The fraction of sp³-hybridized carbons (Fsp3) is 0.833. The first-order chi connectivity index (χ1) is 7.79. The Balaban J connectivity index is 1.95. The third kappa shape index (κ3) is 2.82. The zero-order valence-electron chi connectivity index (χ0n) is 10.2. The number of rotatable bonds is 4. The Morgan fingerprint density at radius 1 is 1.50 bits per heavy atom. The molecule has 4 heteroatoms. The molecule has 2 heterocycles. The second-order valence-corrected chi connectivity index (χ2v) is 4.77. The fourth-order valence-corrected chi connectivity index (χ4v) is 2.01. The van der Waals surface area contributed by atoms with E-state index < -0.39 is 0 Å². The van der Waals surface area contributed by atoms with E-state index >= 15 is 0 Å². The van der Waals surface area contributed by atoms with Gasteiger partial charge in [-0.15, -0.1) is 0 Å². The number of piperidine rings is 1. The highest BCUT2D eigenvalue weighted by Gasteiger charge is 2.20. The standard InChI is InChI=1S/C12H21N3O/c1-3-9(2)8-11-14-12(15-16-11)10-6-4-5-7-13-10/h9-10,13H,3-8H2,1-2H3. The van der Waals surface area contributed by atoms with Crippen molar-refractivity contribution in [2.45, 2.75) is 52.0 Å². The van der Waals surface area contributed by atoms with E-state index in [9.17, 15) is 0 Å². The molecule has 0 radical (unpaired) electrons. The van der Waals surface area contributed by atoms with Gasteiger partial charge in [0, 0.05) is 6.42 Å². The molecule has 0 amide bonds. The summed E-state index contributed by atoms with van der Waals surface area (Å²) in [6.45, 7) is 5.47. The highest BCUT2D eigenvalue weighted by molar-refractivity contribution is 4.96. The molecule has 1 saturated heterocycles. The van der Waals surface area contributed by atoms with E-state index in [-0.39, 0.29) is 0 Å². The summed E-state index contributed by atoms with van der Waals surface area (Å²) in [6, 6.07) is 0.309. The molecule has 2 rings (SSSR count). The van der Waals surface area contributed by atoms with E-state index in [4.69, 9.17) is 4.52 Å². The molecule has 90 valence electrons. The summed E-state index contributed by atoms with van der Waals surface area (Å²) in [6.07, 6.45) is 5.69. The normalized spacial score (nSPS) is 23.2. The fourth-order valence-electron chi connectivity index (χ4n) is 2.01. The van der Waals surface area contributed by atoms with E-state index in [0.717, 1.165) is 37.5 Å². The summed E-state index contributed by atoms with van der Waals surface area (Å²) in [7, 11) is 0. The van der Waals surface area contributed by atoms with Gasteiger partial charge < -0.3 is 9.84 Å². The van der Waals surface area contributed by atoms with Crippen molar-refractivity contribution in [3.05, 3.63) is 11.7 Å². The molecular formula is C12H21N3O. The maximum Gasteiger partial charge on any atom is 0.226 e. The largest absolute Gasteiger partial charge is 0.339 e. The molecule has 0 aliphatic carbocycles. The van der Waals surface area contributed by atoms with Crippen LogP contribution in [0, 0.1) is 5.92 Å². The van der Waals surface area contributed by atoms with E-state index in [2.05, 4.69) is 29.3 Å². The maximum absolute atomic E-state index is 5.29. The van der Waals surface area contributed by atoms with Crippen molar-refractivity contribution in [3.8, 4) is 0 Å². The number of aromatic nitrogens is 2. The molecule has 16 heavy (non-hydrogen) atoms. The van der Waals surface area contributed by atoms with Crippen molar-refractivity contribution < 1.29 is 4.52 Å². The third-order valence-electron chi connectivity index (χ3n) is 3.33. The first kappa shape index (κ1) is 11.6. The summed E-state index contributed by atoms with van der Waals surface area (Å²) in [5.74, 6) is 2.25. The summed E-state index contributed by atoms with van der Waals surface area (Å²) in [4.78, 5) is 4.48. The van der Waals surface area contributed by atoms with Gasteiger partial charge in [-0.1, -0.05) is 31.8 Å². The Morgan fingerprint density at radius 2 is 2.38 bits per heavy atom. The smallest absolute Gasteiger partial charge is 0.226 e. The molecular weight excluding hydrogens is 202 g/mol. The van der Waals surface area contributed by atoms with Gasteiger partial charge in [0.1, 0.15) is 0 Å². The van der Waals surface area contributed by atoms with E-state index in [1.54, 1.807) is 0 Å². The Kier molecular flexibility index (Phi) is 3.93. The van der Waals surface area contributed by atoms with Crippen LogP contribution < -0.4 is 5.32 Å². The molecule has 0 spiro atoms. The van der Waals surface area contributed by atoms with Gasteiger partial charge >= 0.3 is 0 Å². The number of hydrogen-bond donors (Lipinski definition) is 1. The van der Waals surface area contributed by atoms with Crippen LogP contribution in [0.1, 0.15) is 57.3 Å². The van der Waals surface area contributed by atoms with Gasteiger partial charge in [0.25, 0.3) is 0 Å². The maximum atomic E-state index is 5.29. The third-order valence-corrected chi connectivity index (χ3v) is 3.33. The van der Waals surface area contributed by atoms with Crippen LogP contribution in [0.15, 0.2) is 4.52 Å². The van der Waals surface area contributed by atoms with Crippen LogP contribution in [0.25, 0.3) is 0 Å². The van der Waals surface area contributed by atoms with Crippen LogP contribution in [0.4, 0.5) is 0 Å². The molecule has 1 fully saturated rings. The minimum atomic E-state index is 0.309. The lowest BCUT2D eigenvalue weighted by molar-refractivity contribution is 0.337. The minimum absolute atomic E-state index is 0.309. The lowest BCUT2D eigenvalue weighted by Crippen LogP contribution is -2.27. The lowest BCUT2D eigenvalue weighted by atomic mass is 10.0. The SMILES string of the molecule is CCC(C)Cc1nc(C2CCCCN2)no1. The second-order valence-electron chi connectivity index (χ2n) is 4.77. The molecule has 1 aromatic heterocycles. The summed E-state index contributed by atoms with van der Waals surface area (Å²) >= 11 is 0. The number of nitrogens with one attached hydrogen (secondary N) is 1. The van der Waals surface area contributed by atoms with Crippen molar-refractivity contribution in [3.63, 3.8) is 0 Å². The average Bonchev–Trinajstić information content (AvgIpc) is 2.78. The zero-order valence-corrected chi connectivity index (χ0v) is 10.2. The van der Waals surface area contributed by atoms with Crippen LogP contribution in [-0.4, -0.2) is 16.7 Å². The van der Waals surface area contributed by atoms with Gasteiger partial charge in [0.05, 0.1) is 6.04 Å². The molecule has 2 atom stereocenters. The van der Waals surface area contributed by atoms with Crippen LogP contribution in [0.3, 0.4) is 0 Å². The summed E-state index contributed by atoms with van der Waals surface area (Å²) in [5.41, 5.74) is 0. The van der Waals surface area contributed by atoms with Gasteiger partial charge in [0.15, 0.2) is 5.82 Å². The molecule has 1 N–H and O–H groups in total. The molecule has 1 aromatic rings. The van der Waals surface area contributed by atoms with Crippen LogP contribution >= 0.6 is 0 Å². The van der Waals surface area contributed by atoms with Gasteiger partial charge in [-0.25, -0.2) is 0 Å². The van der Waals surface area contributed by atoms with Crippen LogP contribution in [-0.2, 0) is 6.42 Å². The lowest BCUT2D eigenvalue weighted by Gasteiger charge is -2.19. The number of nitrogens with zero attached hydrogens (tertiary/aromatic N) is 2. The Hall–Kier alpha value is -0.900. The number of hydrogen-bond acceptors (Lipinski definition) is 4. The Labute approximate surface area is 96.8 Å². The van der Waals surface area contributed by atoms with E-state index in [1.807, 2.05) is 0 Å². The molecule has 4 nitrogen and oxygen atoms in total. The quantitative estimate of drug-likeness (QED) is 0.852. The highest BCUT2D eigenvalue weighted by Crippen LogP contribution is 2.21. The Bertz CT molecular complexity index is 318. The van der Waals surface area contributed by atoms with Crippen molar-refractivity contribution >= 4 is 0 Å². The Morgan fingerprint density at radius 3 is 3.06 bits per heavy atom. The van der Waals surface area contributed by atoms with Crippen molar-refractivity contribution in [1.82, 2.24) is 15.5 Å². The minimum Gasteiger partial charge on any atom is -0.339 e. The predicted molar refractivity (Wildman–Crippen MR) is 62.1 cm³/mol. The van der Waals surface area contributed by atoms with Crippen molar-refractivity contribution in [1.29, 1.82) is 0 Å². The van der Waals surface area contributed by atoms with E-state index in [0.29, 0.717) is 12.0 Å². The second kappa shape index (κ2) is 5.43. The topological polar surface area (TPSA) is 51.0 Å². The van der Waals surface area contributed by atoms with Gasteiger partial charge in [-0.05, 0) is 25.3 Å². The summed E-state index contributed by atoms with van der Waals surface area (Å²) in [5, 5.41) is 7.51. The molecule has 0 saturated carbocycles. The van der Waals surface area contributed by atoms with Gasteiger partial charge in [-0.2, -0.15) is 4.98 Å². The van der Waals surface area contributed by atoms with E-state index in [1.165, 1.54) is 12.8 Å². The first-order valence-electron chi connectivity index (χ1n) is 6.35.